The number of benzene rings is 2. The Morgan fingerprint density at radius 2 is 2.00 bits per heavy atom. The Bertz CT molecular complexity index is 1090. The van der Waals surface area contributed by atoms with Crippen LogP contribution in [0.25, 0.3) is 10.2 Å². The zero-order valence-electron chi connectivity index (χ0n) is 15.6. The highest BCUT2D eigenvalue weighted by Gasteiger charge is 2.12. The Kier molecular flexibility index (Phi) is 7.46. The van der Waals surface area contributed by atoms with E-state index in [1.807, 2.05) is 24.3 Å². The Morgan fingerprint density at radius 3 is 2.72 bits per heavy atom. The molecule has 0 saturated carbocycles. The lowest BCUT2D eigenvalue weighted by Crippen LogP contribution is -2.22. The number of carbonyl (C=O) groups is 2. The number of carbonyl (C=O) groups excluding carboxylic acids is 2. The minimum absolute atomic E-state index is 0.0966. The van der Waals surface area contributed by atoms with Crippen LogP contribution in [0.5, 0.6) is 0 Å². The van der Waals surface area contributed by atoms with E-state index in [1.54, 1.807) is 22.4 Å². The highest BCUT2D eigenvalue weighted by Crippen LogP contribution is 2.22. The van der Waals surface area contributed by atoms with Crippen molar-refractivity contribution in [2.24, 2.45) is 4.99 Å². The number of amides is 1. The van der Waals surface area contributed by atoms with Gasteiger partial charge in [-0.2, -0.15) is 4.99 Å². The number of esters is 1. The van der Waals surface area contributed by atoms with Gasteiger partial charge < -0.3 is 9.30 Å². The van der Waals surface area contributed by atoms with Crippen molar-refractivity contribution >= 4 is 56.8 Å². The number of aromatic nitrogens is 1. The van der Waals surface area contributed by atoms with Crippen LogP contribution in [0.1, 0.15) is 12.8 Å². The number of nitrogens with zero attached hydrogens (tertiary/aromatic N) is 2. The lowest BCUT2D eigenvalue weighted by molar-refractivity contribution is -0.141. The molecule has 29 heavy (non-hydrogen) atoms. The molecule has 0 aliphatic rings. The molecular formula is C20H18ClFN2O3S2. The number of thiazole rings is 1. The largest absolute Gasteiger partial charge is 0.468 e. The molecule has 1 aromatic heterocycles. The number of thioether (sulfide) groups is 1. The summed E-state index contributed by atoms with van der Waals surface area (Å²) < 4.78 is 20.4. The summed E-state index contributed by atoms with van der Waals surface area (Å²) in [7, 11) is 1.29. The van der Waals surface area contributed by atoms with E-state index in [1.165, 1.54) is 30.6 Å². The van der Waals surface area contributed by atoms with E-state index in [9.17, 15) is 14.0 Å². The lowest BCUT2D eigenvalue weighted by atomic mass is 10.3. The average Bonchev–Trinajstić information content (AvgIpc) is 3.02. The Labute approximate surface area is 180 Å². The van der Waals surface area contributed by atoms with Crippen molar-refractivity contribution in [3.63, 3.8) is 0 Å². The normalized spacial score (nSPS) is 11.8. The van der Waals surface area contributed by atoms with Crippen molar-refractivity contribution < 1.29 is 18.7 Å². The van der Waals surface area contributed by atoms with Gasteiger partial charge in [0.1, 0.15) is 12.4 Å². The second-order valence-electron chi connectivity index (χ2n) is 6.07. The van der Waals surface area contributed by atoms with Crippen LogP contribution in [0.2, 0.25) is 5.02 Å². The Hall–Kier alpha value is -2.16. The molecule has 0 radical (unpaired) electrons. The first-order valence-electron chi connectivity index (χ1n) is 8.78. The topological polar surface area (TPSA) is 60.7 Å². The predicted octanol–water partition coefficient (Wildman–Crippen LogP) is 4.67. The van der Waals surface area contributed by atoms with E-state index in [0.29, 0.717) is 26.5 Å². The third-order valence-electron chi connectivity index (χ3n) is 4.00. The molecule has 0 aliphatic heterocycles. The number of halogens is 2. The molecule has 5 nitrogen and oxygen atoms in total. The summed E-state index contributed by atoms with van der Waals surface area (Å²) in [5.74, 6) is -0.376. The fraction of sp³-hybridized carbons (Fsp3) is 0.250. The number of hydrogen-bond acceptors (Lipinski definition) is 5. The predicted molar refractivity (Wildman–Crippen MR) is 114 cm³/mol. The number of hydrogen-bond donors (Lipinski definition) is 0. The summed E-state index contributed by atoms with van der Waals surface area (Å²) in [6, 6.07) is 11.8. The van der Waals surface area contributed by atoms with Crippen LogP contribution in [-0.4, -0.2) is 29.3 Å². The molecule has 1 heterocycles. The third kappa shape index (κ3) is 5.91. The molecule has 9 heteroatoms. The highest BCUT2D eigenvalue weighted by molar-refractivity contribution is 7.99. The van der Waals surface area contributed by atoms with E-state index in [2.05, 4.69) is 4.99 Å². The van der Waals surface area contributed by atoms with Crippen LogP contribution >= 0.6 is 34.7 Å². The maximum atomic E-state index is 13.5. The summed E-state index contributed by atoms with van der Waals surface area (Å²) in [6.45, 7) is -0.0966. The molecule has 0 aliphatic carbocycles. The molecular weight excluding hydrogens is 435 g/mol. The van der Waals surface area contributed by atoms with Gasteiger partial charge in [-0.15, -0.1) is 11.8 Å². The van der Waals surface area contributed by atoms with Crippen molar-refractivity contribution in [1.82, 2.24) is 4.57 Å². The van der Waals surface area contributed by atoms with Crippen LogP contribution in [0, 0.1) is 5.82 Å². The van der Waals surface area contributed by atoms with Gasteiger partial charge in [0.15, 0.2) is 4.80 Å². The van der Waals surface area contributed by atoms with Crippen molar-refractivity contribution in [3.05, 3.63) is 58.1 Å². The molecule has 3 rings (SSSR count). The molecule has 152 valence electrons. The zero-order chi connectivity index (χ0) is 20.8. The van der Waals surface area contributed by atoms with Gasteiger partial charge in [0, 0.05) is 16.3 Å². The Balaban J connectivity index is 1.70. The van der Waals surface area contributed by atoms with Crippen LogP contribution in [-0.2, 0) is 20.9 Å². The second kappa shape index (κ2) is 10.0. The molecule has 0 fully saturated rings. The fourth-order valence-electron chi connectivity index (χ4n) is 2.59. The van der Waals surface area contributed by atoms with Crippen LogP contribution in [0.4, 0.5) is 4.39 Å². The molecule has 0 spiro atoms. The standard InChI is InChI=1S/C20H18ClFN2O3S2/c1-27-19(26)12-24-16-9-6-14(22)11-17(16)29-20(24)23-18(25)3-2-10-28-15-7-4-13(21)5-8-15/h4-9,11H,2-3,10,12H2,1H3. The lowest BCUT2D eigenvalue weighted by Gasteiger charge is -2.03. The quantitative estimate of drug-likeness (QED) is 0.297. The van der Waals surface area contributed by atoms with Gasteiger partial charge in [0.25, 0.3) is 0 Å². The van der Waals surface area contributed by atoms with Gasteiger partial charge in [0.2, 0.25) is 5.91 Å². The van der Waals surface area contributed by atoms with E-state index >= 15 is 0 Å². The fourth-order valence-corrected chi connectivity index (χ4v) is 4.64. The average molecular weight is 453 g/mol. The third-order valence-corrected chi connectivity index (χ3v) is 6.39. The summed E-state index contributed by atoms with van der Waals surface area (Å²) in [5, 5.41) is 0.687. The van der Waals surface area contributed by atoms with E-state index in [0.717, 1.165) is 10.6 Å². The molecule has 0 atom stereocenters. The smallest absolute Gasteiger partial charge is 0.325 e. The summed E-state index contributed by atoms with van der Waals surface area (Å²) in [5.41, 5.74) is 0.631. The minimum Gasteiger partial charge on any atom is -0.468 e. The maximum absolute atomic E-state index is 13.5. The molecule has 0 bridgehead atoms. The molecule has 1 amide bonds. The van der Waals surface area contributed by atoms with E-state index < -0.39 is 5.97 Å². The molecule has 0 saturated heterocycles. The maximum Gasteiger partial charge on any atom is 0.325 e. The van der Waals surface area contributed by atoms with Gasteiger partial charge in [0.05, 0.1) is 17.3 Å². The van der Waals surface area contributed by atoms with Crippen molar-refractivity contribution in [1.29, 1.82) is 0 Å². The van der Waals surface area contributed by atoms with Gasteiger partial charge >= 0.3 is 5.97 Å². The van der Waals surface area contributed by atoms with Gasteiger partial charge in [-0.05, 0) is 54.6 Å². The monoisotopic (exact) mass is 452 g/mol. The Morgan fingerprint density at radius 1 is 1.24 bits per heavy atom. The molecule has 0 N–H and O–H groups in total. The summed E-state index contributed by atoms with van der Waals surface area (Å²) in [6.07, 6.45) is 0.938. The summed E-state index contributed by atoms with van der Waals surface area (Å²) in [4.78, 5) is 29.7. The zero-order valence-corrected chi connectivity index (χ0v) is 18.0. The van der Waals surface area contributed by atoms with E-state index in [4.69, 9.17) is 16.3 Å². The van der Waals surface area contributed by atoms with Gasteiger partial charge in [-0.25, -0.2) is 4.39 Å². The van der Waals surface area contributed by atoms with Crippen molar-refractivity contribution in [2.45, 2.75) is 24.3 Å². The summed E-state index contributed by atoms with van der Waals surface area (Å²) >= 11 is 8.67. The molecule has 2 aromatic carbocycles. The number of ether oxygens (including phenoxy) is 1. The second-order valence-corrected chi connectivity index (χ2v) is 8.68. The van der Waals surface area contributed by atoms with Crippen LogP contribution < -0.4 is 4.80 Å². The SMILES string of the molecule is COC(=O)Cn1c(=NC(=O)CCCSc2ccc(Cl)cc2)sc2cc(F)ccc21. The first kappa shape index (κ1) is 21.5. The van der Waals surface area contributed by atoms with Crippen molar-refractivity contribution in [2.75, 3.05) is 12.9 Å². The first-order chi connectivity index (χ1) is 14.0. The highest BCUT2D eigenvalue weighted by atomic mass is 35.5. The van der Waals surface area contributed by atoms with Crippen LogP contribution in [0.3, 0.4) is 0 Å². The number of fused-ring (bicyclic) bond motifs is 1. The minimum atomic E-state index is -0.470. The number of methoxy groups -OCH3 is 1. The first-order valence-corrected chi connectivity index (χ1v) is 11.0. The van der Waals surface area contributed by atoms with Crippen molar-refractivity contribution in [3.8, 4) is 0 Å². The molecule has 3 aromatic rings. The van der Waals surface area contributed by atoms with E-state index in [-0.39, 0.29) is 24.7 Å². The van der Waals surface area contributed by atoms with Crippen LogP contribution in [0.15, 0.2) is 52.4 Å². The molecule has 0 unspecified atom stereocenters. The van der Waals surface area contributed by atoms with Gasteiger partial charge in [-0.3, -0.25) is 9.59 Å². The van der Waals surface area contributed by atoms with Gasteiger partial charge in [-0.1, -0.05) is 22.9 Å². The number of rotatable bonds is 7.